The molecule has 0 atom stereocenters. The number of nitrogens with one attached hydrogen (secondary N) is 1. The van der Waals surface area contributed by atoms with Gasteiger partial charge in [0.1, 0.15) is 5.76 Å². The lowest BCUT2D eigenvalue weighted by Gasteiger charge is -2.12. The highest BCUT2D eigenvalue weighted by molar-refractivity contribution is 8.93. The van der Waals surface area contributed by atoms with Gasteiger partial charge in [-0.05, 0) is 26.2 Å². The number of benzene rings is 1. The largest absolute Gasteiger partial charge is 0.429 e. The molecule has 0 unspecified atom stereocenters. The molecule has 1 N–H and O–H groups in total. The molecule has 0 saturated heterocycles. The van der Waals surface area contributed by atoms with Gasteiger partial charge < -0.3 is 4.42 Å². The van der Waals surface area contributed by atoms with Crippen LogP contribution >= 0.6 is 17.0 Å². The predicted octanol–water partition coefficient (Wildman–Crippen LogP) is 3.21. The summed E-state index contributed by atoms with van der Waals surface area (Å²) < 4.78 is 7.19. The molecule has 1 heterocycles. The number of fused-ring (bicyclic) bond motifs is 1. The van der Waals surface area contributed by atoms with E-state index in [0.717, 1.165) is 42.7 Å². The highest BCUT2D eigenvalue weighted by Gasteiger charge is 2.20. The molecule has 0 saturated carbocycles. The lowest BCUT2D eigenvalue weighted by Crippen LogP contribution is -2.23. The molecule has 5 heteroatoms. The predicted molar refractivity (Wildman–Crippen MR) is 85.0 cm³/mol. The summed E-state index contributed by atoms with van der Waals surface area (Å²) in [4.78, 5) is 12.3. The minimum absolute atomic E-state index is 0. The Labute approximate surface area is 134 Å². The Kier molecular flexibility index (Phi) is 4.83. The molecule has 0 bridgehead atoms. The van der Waals surface area contributed by atoms with Crippen LogP contribution in [0.3, 0.4) is 0 Å². The van der Waals surface area contributed by atoms with E-state index in [1.165, 1.54) is 0 Å². The van der Waals surface area contributed by atoms with E-state index < -0.39 is 0 Å². The van der Waals surface area contributed by atoms with E-state index in [0.29, 0.717) is 5.56 Å². The fourth-order valence-electron chi connectivity index (χ4n) is 2.69. The summed E-state index contributed by atoms with van der Waals surface area (Å²) in [6.07, 6.45) is 3.99. The molecule has 0 radical (unpaired) electrons. The summed E-state index contributed by atoms with van der Waals surface area (Å²) in [5, 5.41) is 7.90. The first-order chi connectivity index (χ1) is 9.65. The van der Waals surface area contributed by atoms with Gasteiger partial charge in [-0.1, -0.05) is 29.8 Å². The van der Waals surface area contributed by atoms with Crippen LogP contribution in [-0.2, 0) is 19.4 Å². The van der Waals surface area contributed by atoms with Crippen LogP contribution < -0.4 is 5.68 Å². The molecule has 0 fully saturated rings. The summed E-state index contributed by atoms with van der Waals surface area (Å²) in [6.45, 7) is 2.19. The molecule has 1 aliphatic rings. The van der Waals surface area contributed by atoms with Crippen molar-refractivity contribution in [1.29, 1.82) is 5.41 Å². The second kappa shape index (κ2) is 6.43. The Morgan fingerprint density at radius 1 is 1.24 bits per heavy atom. The standard InChI is InChI=1S/C16H18N2O2.BrH/c1-11-6-8-12(9-7-11)14(19)10-18-13-4-2-3-5-15(13)20-16(18)17;/h6-9,17H,2-5,10H2,1H3;1H. The second-order valence-corrected chi connectivity index (χ2v) is 5.36. The Hall–Kier alpha value is -1.62. The minimum atomic E-state index is 0. The van der Waals surface area contributed by atoms with E-state index in [1.807, 2.05) is 31.2 Å². The van der Waals surface area contributed by atoms with Crippen molar-refractivity contribution in [2.75, 3.05) is 0 Å². The van der Waals surface area contributed by atoms with E-state index in [2.05, 4.69) is 0 Å². The maximum absolute atomic E-state index is 12.3. The first-order valence-electron chi connectivity index (χ1n) is 7.01. The maximum Gasteiger partial charge on any atom is 0.294 e. The Balaban J connectivity index is 0.00000161. The number of Topliss-reactive ketones (excluding diaryl/α,β-unsaturated/α-hetero) is 1. The van der Waals surface area contributed by atoms with E-state index >= 15 is 0 Å². The number of carbonyl (C=O) groups excluding carboxylic acids is 1. The third-order valence-electron chi connectivity index (χ3n) is 3.86. The van der Waals surface area contributed by atoms with Gasteiger partial charge in [0.2, 0.25) is 0 Å². The van der Waals surface area contributed by atoms with Crippen LogP contribution in [-0.4, -0.2) is 10.4 Å². The summed E-state index contributed by atoms with van der Waals surface area (Å²) >= 11 is 0. The van der Waals surface area contributed by atoms with Gasteiger partial charge in [0.25, 0.3) is 5.68 Å². The number of ketones is 1. The zero-order chi connectivity index (χ0) is 14.1. The fraction of sp³-hybridized carbons (Fsp3) is 0.375. The topological polar surface area (TPSA) is 59.0 Å². The van der Waals surface area contributed by atoms with Crippen molar-refractivity contribution >= 4 is 22.8 Å². The van der Waals surface area contributed by atoms with Crippen LogP contribution in [0.5, 0.6) is 0 Å². The van der Waals surface area contributed by atoms with Gasteiger partial charge in [0, 0.05) is 12.0 Å². The molecule has 1 aliphatic carbocycles. The van der Waals surface area contributed by atoms with Crippen molar-refractivity contribution in [3.8, 4) is 0 Å². The van der Waals surface area contributed by atoms with Crippen molar-refractivity contribution < 1.29 is 9.21 Å². The van der Waals surface area contributed by atoms with Crippen LogP contribution in [0.1, 0.15) is 40.2 Å². The lowest BCUT2D eigenvalue weighted by atomic mass is 10.0. The molecule has 0 amide bonds. The Bertz CT molecular complexity index is 698. The second-order valence-electron chi connectivity index (χ2n) is 5.36. The van der Waals surface area contributed by atoms with Crippen LogP contribution in [0.2, 0.25) is 0 Å². The lowest BCUT2D eigenvalue weighted by molar-refractivity contribution is 0.0967. The number of carbonyl (C=O) groups is 1. The van der Waals surface area contributed by atoms with Gasteiger partial charge in [-0.3, -0.25) is 14.8 Å². The van der Waals surface area contributed by atoms with Crippen LogP contribution in [0.4, 0.5) is 0 Å². The Morgan fingerprint density at radius 3 is 2.62 bits per heavy atom. The molecule has 1 aromatic heterocycles. The van der Waals surface area contributed by atoms with Gasteiger partial charge in [-0.15, -0.1) is 17.0 Å². The SMILES string of the molecule is Br.Cc1ccc(C(=O)Cn2c3c(oc2=N)CCCC3)cc1. The number of aromatic nitrogens is 1. The molecule has 21 heavy (non-hydrogen) atoms. The van der Waals surface area contributed by atoms with Gasteiger partial charge in [0.05, 0.1) is 12.2 Å². The molecule has 3 rings (SSSR count). The maximum atomic E-state index is 12.3. The normalized spacial score (nSPS) is 13.4. The number of hydrogen-bond donors (Lipinski definition) is 1. The van der Waals surface area contributed by atoms with E-state index in [1.54, 1.807) is 4.57 Å². The fourth-order valence-corrected chi connectivity index (χ4v) is 2.69. The van der Waals surface area contributed by atoms with Gasteiger partial charge in [0.15, 0.2) is 5.78 Å². The van der Waals surface area contributed by atoms with Crippen molar-refractivity contribution in [2.45, 2.75) is 39.2 Å². The van der Waals surface area contributed by atoms with Crippen molar-refractivity contribution in [2.24, 2.45) is 0 Å². The van der Waals surface area contributed by atoms with Crippen molar-refractivity contribution in [3.63, 3.8) is 0 Å². The van der Waals surface area contributed by atoms with E-state index in [-0.39, 0.29) is 35.0 Å². The first kappa shape index (κ1) is 15.8. The third kappa shape index (κ3) is 3.18. The summed E-state index contributed by atoms with van der Waals surface area (Å²) in [5.41, 5.74) is 2.95. The number of hydrogen-bond acceptors (Lipinski definition) is 3. The monoisotopic (exact) mass is 350 g/mol. The minimum Gasteiger partial charge on any atom is -0.429 e. The zero-order valence-corrected chi connectivity index (χ0v) is 13.7. The number of aryl methyl sites for hydroxylation is 2. The summed E-state index contributed by atoms with van der Waals surface area (Å²) in [6, 6.07) is 7.55. The Morgan fingerprint density at radius 2 is 1.90 bits per heavy atom. The number of nitrogens with zero attached hydrogens (tertiary/aromatic N) is 1. The summed E-state index contributed by atoms with van der Waals surface area (Å²) in [7, 11) is 0. The van der Waals surface area contributed by atoms with Gasteiger partial charge in [-0.25, -0.2) is 0 Å². The zero-order valence-electron chi connectivity index (χ0n) is 12.0. The smallest absolute Gasteiger partial charge is 0.294 e. The highest BCUT2D eigenvalue weighted by atomic mass is 79.9. The van der Waals surface area contributed by atoms with Crippen LogP contribution in [0.25, 0.3) is 0 Å². The highest BCUT2D eigenvalue weighted by Crippen LogP contribution is 2.20. The molecular formula is C16H19BrN2O2. The number of oxazole rings is 1. The molecule has 1 aromatic carbocycles. The van der Waals surface area contributed by atoms with Crippen LogP contribution in [0, 0.1) is 12.3 Å². The van der Waals surface area contributed by atoms with Crippen LogP contribution in [0.15, 0.2) is 28.7 Å². The van der Waals surface area contributed by atoms with E-state index in [9.17, 15) is 4.79 Å². The molecule has 112 valence electrons. The average Bonchev–Trinajstić information content (AvgIpc) is 2.76. The van der Waals surface area contributed by atoms with Crippen molar-refractivity contribution in [1.82, 2.24) is 4.57 Å². The molecule has 4 nitrogen and oxygen atoms in total. The number of halogens is 1. The molecule has 0 aliphatic heterocycles. The number of rotatable bonds is 3. The van der Waals surface area contributed by atoms with Gasteiger partial charge in [-0.2, -0.15) is 0 Å². The molecule has 2 aromatic rings. The summed E-state index contributed by atoms with van der Waals surface area (Å²) in [5.74, 6) is 0.913. The van der Waals surface area contributed by atoms with E-state index in [4.69, 9.17) is 9.83 Å². The quantitative estimate of drug-likeness (QED) is 0.864. The average molecular weight is 351 g/mol. The van der Waals surface area contributed by atoms with Gasteiger partial charge >= 0.3 is 0 Å². The molecular weight excluding hydrogens is 332 g/mol. The third-order valence-corrected chi connectivity index (χ3v) is 3.86. The first-order valence-corrected chi connectivity index (χ1v) is 7.01. The van der Waals surface area contributed by atoms with Crippen molar-refractivity contribution in [3.05, 3.63) is 52.5 Å². The molecule has 0 spiro atoms.